The van der Waals surface area contributed by atoms with Crippen molar-refractivity contribution in [2.45, 2.75) is 26.3 Å². The van der Waals surface area contributed by atoms with Crippen LogP contribution in [0.5, 0.6) is 0 Å². The molecule has 0 radical (unpaired) electrons. The number of nitrogens with zero attached hydrogens (tertiary/aromatic N) is 2. The maximum atomic E-state index is 12.6. The Morgan fingerprint density at radius 2 is 2.23 bits per heavy atom. The number of piperidine rings is 1. The monoisotopic (exact) mass is 330 g/mol. The van der Waals surface area contributed by atoms with Gasteiger partial charge in [0.1, 0.15) is 0 Å². The highest BCUT2D eigenvalue weighted by molar-refractivity contribution is 5.85. The van der Waals surface area contributed by atoms with E-state index in [2.05, 4.69) is 22.7 Å². The minimum absolute atomic E-state index is 0. The van der Waals surface area contributed by atoms with Crippen LogP contribution < -0.4 is 10.6 Å². The Labute approximate surface area is 138 Å². The molecule has 1 amide bonds. The Balaban J connectivity index is 0.00000242. The van der Waals surface area contributed by atoms with E-state index >= 15 is 0 Å². The third-order valence-corrected chi connectivity index (χ3v) is 4.13. The molecule has 1 aromatic heterocycles. The Morgan fingerprint density at radius 3 is 2.82 bits per heavy atom. The number of aromatic nitrogens is 2. The zero-order chi connectivity index (χ0) is 15.1. The smallest absolute Gasteiger partial charge is 0.228 e. The highest BCUT2D eigenvalue weighted by atomic mass is 35.5. The van der Waals surface area contributed by atoms with E-state index in [1.54, 1.807) is 13.3 Å². The average molecular weight is 331 g/mol. The van der Waals surface area contributed by atoms with Gasteiger partial charge in [0.25, 0.3) is 0 Å². The molecule has 1 aromatic rings. The third kappa shape index (κ3) is 4.97. The summed E-state index contributed by atoms with van der Waals surface area (Å²) in [6.45, 7) is 5.84. The molecule has 1 fully saturated rings. The van der Waals surface area contributed by atoms with E-state index < -0.39 is 0 Å². The van der Waals surface area contributed by atoms with Crippen LogP contribution in [0.4, 0.5) is 0 Å². The fourth-order valence-corrected chi connectivity index (χ4v) is 2.87. The molecular formula is C15H27ClN4O2. The number of carbonyl (C=O) groups excluding carboxylic acids is 1. The summed E-state index contributed by atoms with van der Waals surface area (Å²) in [6, 6.07) is 1.91. The molecule has 22 heavy (non-hydrogen) atoms. The maximum Gasteiger partial charge on any atom is 0.228 e. The van der Waals surface area contributed by atoms with Crippen LogP contribution >= 0.6 is 12.4 Å². The Bertz CT molecular complexity index is 427. The first-order chi connectivity index (χ1) is 10.2. The van der Waals surface area contributed by atoms with Crippen molar-refractivity contribution in [2.24, 2.45) is 11.3 Å². The molecule has 2 N–H and O–H groups in total. The average Bonchev–Trinajstić information content (AvgIpc) is 2.99. The van der Waals surface area contributed by atoms with Gasteiger partial charge in [-0.05, 0) is 37.9 Å². The van der Waals surface area contributed by atoms with E-state index in [1.165, 1.54) is 0 Å². The number of carbonyl (C=O) groups is 1. The van der Waals surface area contributed by atoms with E-state index in [1.807, 2.05) is 16.9 Å². The molecule has 1 aliphatic heterocycles. The van der Waals surface area contributed by atoms with Gasteiger partial charge in [-0.25, -0.2) is 0 Å². The van der Waals surface area contributed by atoms with Gasteiger partial charge in [0, 0.05) is 32.6 Å². The second kappa shape index (κ2) is 9.12. The second-order valence-corrected chi connectivity index (χ2v) is 6.01. The van der Waals surface area contributed by atoms with Crippen molar-refractivity contribution in [3.63, 3.8) is 0 Å². The zero-order valence-electron chi connectivity index (χ0n) is 13.4. The largest absolute Gasteiger partial charge is 0.384 e. The van der Waals surface area contributed by atoms with Gasteiger partial charge in [-0.2, -0.15) is 5.10 Å². The fraction of sp³-hybridized carbons (Fsp3) is 0.733. The van der Waals surface area contributed by atoms with E-state index in [-0.39, 0.29) is 23.7 Å². The number of ether oxygens (including phenoxy) is 1. The molecule has 0 aromatic carbocycles. The lowest BCUT2D eigenvalue weighted by Gasteiger charge is -2.35. The van der Waals surface area contributed by atoms with Crippen LogP contribution in [-0.2, 0) is 16.1 Å². The molecule has 6 nitrogen and oxygen atoms in total. The van der Waals surface area contributed by atoms with Crippen molar-refractivity contribution in [3.8, 4) is 0 Å². The summed E-state index contributed by atoms with van der Waals surface area (Å²) in [5.41, 5.74) is -0.370. The van der Waals surface area contributed by atoms with E-state index in [0.29, 0.717) is 19.1 Å². The molecule has 1 aliphatic rings. The van der Waals surface area contributed by atoms with Gasteiger partial charge >= 0.3 is 0 Å². The summed E-state index contributed by atoms with van der Waals surface area (Å²) >= 11 is 0. The molecule has 0 saturated carbocycles. The normalized spacial score (nSPS) is 18.3. The molecule has 2 heterocycles. The lowest BCUT2D eigenvalue weighted by atomic mass is 9.78. The van der Waals surface area contributed by atoms with Gasteiger partial charge in [-0.15, -0.1) is 12.4 Å². The van der Waals surface area contributed by atoms with E-state index in [9.17, 15) is 4.79 Å². The van der Waals surface area contributed by atoms with Crippen molar-refractivity contribution in [1.29, 1.82) is 0 Å². The van der Waals surface area contributed by atoms with Crippen LogP contribution in [-0.4, -0.2) is 49.0 Å². The summed E-state index contributed by atoms with van der Waals surface area (Å²) in [5, 5.41) is 10.6. The van der Waals surface area contributed by atoms with Crippen LogP contribution in [0.2, 0.25) is 0 Å². The summed E-state index contributed by atoms with van der Waals surface area (Å²) < 4.78 is 7.19. The predicted molar refractivity (Wildman–Crippen MR) is 88.1 cm³/mol. The number of nitrogens with one attached hydrogen (secondary N) is 2. The van der Waals surface area contributed by atoms with Crippen molar-refractivity contribution in [1.82, 2.24) is 20.4 Å². The van der Waals surface area contributed by atoms with Crippen molar-refractivity contribution in [2.75, 3.05) is 33.4 Å². The number of halogens is 1. The Hall–Kier alpha value is -1.11. The lowest BCUT2D eigenvalue weighted by Crippen LogP contribution is -2.50. The topological polar surface area (TPSA) is 68.2 Å². The molecule has 0 spiro atoms. The number of hydrogen-bond donors (Lipinski definition) is 2. The molecule has 1 unspecified atom stereocenters. The van der Waals surface area contributed by atoms with Gasteiger partial charge in [-0.3, -0.25) is 9.48 Å². The van der Waals surface area contributed by atoms with Crippen molar-refractivity contribution in [3.05, 3.63) is 18.5 Å². The third-order valence-electron chi connectivity index (χ3n) is 4.13. The second-order valence-electron chi connectivity index (χ2n) is 6.01. The maximum absolute atomic E-state index is 12.6. The van der Waals surface area contributed by atoms with Crippen LogP contribution in [0.15, 0.2) is 18.5 Å². The standard InChI is InChI=1S/C15H26N4O2.ClH/c1-13(11-19-9-3-6-18-19)10-17-14(20)15(12-21-2)4-7-16-8-5-15;/h3,6,9,13,16H,4-5,7-8,10-12H2,1-2H3,(H,17,20);1H. The van der Waals surface area contributed by atoms with Gasteiger partial charge in [0.2, 0.25) is 5.91 Å². The minimum Gasteiger partial charge on any atom is -0.384 e. The SMILES string of the molecule is COCC1(C(=O)NCC(C)Cn2cccn2)CCNCC1.Cl. The number of methoxy groups -OCH3 is 1. The molecule has 1 saturated heterocycles. The highest BCUT2D eigenvalue weighted by Gasteiger charge is 2.39. The highest BCUT2D eigenvalue weighted by Crippen LogP contribution is 2.29. The first-order valence-electron chi connectivity index (χ1n) is 7.62. The molecule has 0 aliphatic carbocycles. The van der Waals surface area contributed by atoms with Gasteiger partial charge < -0.3 is 15.4 Å². The first-order valence-corrected chi connectivity index (χ1v) is 7.62. The predicted octanol–water partition coefficient (Wildman–Crippen LogP) is 1.07. The van der Waals surface area contributed by atoms with Crippen LogP contribution in [0.25, 0.3) is 0 Å². The molecule has 126 valence electrons. The van der Waals surface area contributed by atoms with Crippen LogP contribution in [0.3, 0.4) is 0 Å². The first kappa shape index (κ1) is 18.9. The molecule has 1 atom stereocenters. The van der Waals surface area contributed by atoms with Gasteiger partial charge in [-0.1, -0.05) is 6.92 Å². The molecular weight excluding hydrogens is 304 g/mol. The molecule has 7 heteroatoms. The number of rotatable bonds is 7. The van der Waals surface area contributed by atoms with Crippen LogP contribution in [0, 0.1) is 11.3 Å². The Kier molecular flexibility index (Phi) is 7.85. The number of amides is 1. The van der Waals surface area contributed by atoms with E-state index in [0.717, 1.165) is 32.5 Å². The van der Waals surface area contributed by atoms with Gasteiger partial charge in [0.15, 0.2) is 0 Å². The lowest BCUT2D eigenvalue weighted by molar-refractivity contribution is -0.136. The summed E-state index contributed by atoms with van der Waals surface area (Å²) in [5.74, 6) is 0.466. The quantitative estimate of drug-likeness (QED) is 0.785. The van der Waals surface area contributed by atoms with Crippen LogP contribution in [0.1, 0.15) is 19.8 Å². The summed E-state index contributed by atoms with van der Waals surface area (Å²) in [6.07, 6.45) is 5.38. The molecule has 2 rings (SSSR count). The summed E-state index contributed by atoms with van der Waals surface area (Å²) in [7, 11) is 1.66. The van der Waals surface area contributed by atoms with Gasteiger partial charge in [0.05, 0.1) is 12.0 Å². The molecule has 0 bridgehead atoms. The summed E-state index contributed by atoms with van der Waals surface area (Å²) in [4.78, 5) is 12.6. The van der Waals surface area contributed by atoms with E-state index in [4.69, 9.17) is 4.74 Å². The van der Waals surface area contributed by atoms with Crippen molar-refractivity contribution < 1.29 is 9.53 Å². The minimum atomic E-state index is -0.370. The zero-order valence-corrected chi connectivity index (χ0v) is 14.2. The fourth-order valence-electron chi connectivity index (χ4n) is 2.87. The van der Waals surface area contributed by atoms with Crippen molar-refractivity contribution >= 4 is 18.3 Å². The Morgan fingerprint density at radius 1 is 1.50 bits per heavy atom. The number of hydrogen-bond acceptors (Lipinski definition) is 4.